The van der Waals surface area contributed by atoms with Gasteiger partial charge in [-0.25, -0.2) is 9.97 Å². The topological polar surface area (TPSA) is 25.8 Å². The van der Waals surface area contributed by atoms with Crippen LogP contribution >= 0.6 is 0 Å². The Kier molecular flexibility index (Phi) is 9.54. The minimum Gasteiger partial charge on any atom is -0.228 e. The summed E-state index contributed by atoms with van der Waals surface area (Å²) in [6.07, 6.45) is 0. The van der Waals surface area contributed by atoms with Crippen LogP contribution < -0.4 is 0 Å². The minimum absolute atomic E-state index is 0.671. The predicted octanol–water partition coefficient (Wildman–Crippen LogP) is 18.0. The van der Waals surface area contributed by atoms with Gasteiger partial charge in [-0.2, -0.15) is 0 Å². The molecule has 1 heterocycles. The zero-order chi connectivity index (χ0) is 45.0. The van der Waals surface area contributed by atoms with E-state index in [-0.39, 0.29) is 0 Å². The third-order valence-electron chi connectivity index (χ3n) is 13.7. The summed E-state index contributed by atoms with van der Waals surface area (Å²) in [7, 11) is 0. The molecule has 0 unspecified atom stereocenters. The zero-order valence-electron chi connectivity index (χ0n) is 37.1. The molecule has 0 fully saturated rings. The van der Waals surface area contributed by atoms with Crippen molar-refractivity contribution in [2.75, 3.05) is 0 Å². The molecule has 13 aromatic rings. The van der Waals surface area contributed by atoms with Gasteiger partial charge in [-0.1, -0.05) is 243 Å². The van der Waals surface area contributed by atoms with Crippen LogP contribution in [0, 0.1) is 0 Å². The van der Waals surface area contributed by atoms with Crippen LogP contribution in [0.25, 0.3) is 132 Å². The first kappa shape index (κ1) is 39.4. The molecule has 2 nitrogen and oxygen atoms in total. The van der Waals surface area contributed by atoms with Gasteiger partial charge in [0.25, 0.3) is 0 Å². The van der Waals surface area contributed by atoms with E-state index in [2.05, 4.69) is 255 Å². The van der Waals surface area contributed by atoms with Gasteiger partial charge in [-0.3, -0.25) is 0 Å². The Hall–Kier alpha value is -8.98. The average Bonchev–Trinajstić information content (AvgIpc) is 3.42. The summed E-state index contributed by atoms with van der Waals surface area (Å²) < 4.78 is 0. The molecular formula is C66H42N2. The first-order valence-electron chi connectivity index (χ1n) is 23.3. The summed E-state index contributed by atoms with van der Waals surface area (Å²) in [6, 6.07) is 92.2. The van der Waals surface area contributed by atoms with Crippen LogP contribution in [0.2, 0.25) is 0 Å². The Morgan fingerprint density at radius 3 is 0.882 bits per heavy atom. The molecule has 0 aliphatic heterocycles. The Morgan fingerprint density at radius 1 is 0.191 bits per heavy atom. The van der Waals surface area contributed by atoms with Crippen LogP contribution in [0.15, 0.2) is 255 Å². The quantitative estimate of drug-likeness (QED) is 0.172. The van der Waals surface area contributed by atoms with E-state index in [4.69, 9.17) is 9.97 Å². The van der Waals surface area contributed by atoms with Crippen molar-refractivity contribution in [3.05, 3.63) is 255 Å². The van der Waals surface area contributed by atoms with Crippen molar-refractivity contribution in [1.82, 2.24) is 9.97 Å². The van der Waals surface area contributed by atoms with Crippen molar-refractivity contribution < 1.29 is 0 Å². The van der Waals surface area contributed by atoms with Gasteiger partial charge in [0.05, 0.1) is 11.4 Å². The lowest BCUT2D eigenvalue weighted by Crippen LogP contribution is -1.96. The first-order valence-corrected chi connectivity index (χ1v) is 23.3. The molecule has 0 N–H and O–H groups in total. The molecule has 316 valence electrons. The van der Waals surface area contributed by atoms with Crippen LogP contribution in [0.5, 0.6) is 0 Å². The number of aromatic nitrogens is 2. The van der Waals surface area contributed by atoms with Crippen LogP contribution in [-0.2, 0) is 0 Å². The highest BCUT2D eigenvalue weighted by Crippen LogP contribution is 2.39. The van der Waals surface area contributed by atoms with Crippen molar-refractivity contribution in [1.29, 1.82) is 0 Å². The Labute approximate surface area is 394 Å². The second kappa shape index (κ2) is 16.5. The van der Waals surface area contributed by atoms with Crippen molar-refractivity contribution in [3.8, 4) is 56.2 Å². The van der Waals surface area contributed by atoms with E-state index in [1.54, 1.807) is 0 Å². The summed E-state index contributed by atoms with van der Waals surface area (Å²) in [5, 5.41) is 16.8. The minimum atomic E-state index is 0.671. The van der Waals surface area contributed by atoms with E-state index in [0.29, 0.717) is 5.82 Å². The van der Waals surface area contributed by atoms with E-state index >= 15 is 0 Å². The number of rotatable bonds is 5. The fraction of sp³-hybridized carbons (Fsp3) is 0. The van der Waals surface area contributed by atoms with E-state index in [9.17, 15) is 0 Å². The summed E-state index contributed by atoms with van der Waals surface area (Å²) in [5.74, 6) is 0.671. The van der Waals surface area contributed by atoms with Gasteiger partial charge in [0.1, 0.15) is 0 Å². The van der Waals surface area contributed by atoms with Gasteiger partial charge in [-0.05, 0) is 110 Å². The van der Waals surface area contributed by atoms with Gasteiger partial charge >= 0.3 is 0 Å². The standard InChI is InChI=1S/C66H42N2/c1-3-19-50-43(15-1)17-13-29-52(50)45-31-35-47(36-32-45)64-42-65(48-37-33-46(34-38-48)53-30-14-18-44-16-2-4-20-51(44)53)68-66(67-64)49-39-40-62-60-27-10-9-25-58(60)56-23-6-5-21-54(56)55-22-7-8-24-57(55)59-26-11-12-28-61(59)63(62)41-49/h1-42H. The van der Waals surface area contributed by atoms with Crippen LogP contribution in [-0.4, -0.2) is 9.97 Å². The summed E-state index contributed by atoms with van der Waals surface area (Å²) in [5.41, 5.74) is 9.49. The largest absolute Gasteiger partial charge is 0.228 e. The summed E-state index contributed by atoms with van der Waals surface area (Å²) in [6.45, 7) is 0. The SMILES string of the molecule is c1ccc2c(-c3ccc(-c4cc(-c5ccc(-c6cccc7ccccc67)cc5)nc(-c5ccc6c7ccccc7c7ccccc7c7ccccc7c7ccccc7c6c5)n4)cc3)cccc2c1. The predicted molar refractivity (Wildman–Crippen MR) is 289 cm³/mol. The Bertz CT molecular complexity index is 3960. The maximum atomic E-state index is 5.43. The van der Waals surface area contributed by atoms with Crippen molar-refractivity contribution in [2.45, 2.75) is 0 Å². The molecule has 0 saturated carbocycles. The number of hydrogen-bond acceptors (Lipinski definition) is 2. The molecule has 0 atom stereocenters. The van der Waals surface area contributed by atoms with Gasteiger partial charge in [0.2, 0.25) is 0 Å². The zero-order valence-corrected chi connectivity index (χ0v) is 37.1. The third kappa shape index (κ3) is 6.82. The molecule has 0 spiro atoms. The maximum absolute atomic E-state index is 5.43. The lowest BCUT2D eigenvalue weighted by molar-refractivity contribution is 1.18. The average molecular weight is 863 g/mol. The number of fused-ring (bicyclic) bond motifs is 12. The lowest BCUT2D eigenvalue weighted by atomic mass is 9.93. The fourth-order valence-corrected chi connectivity index (χ4v) is 10.4. The molecule has 0 saturated heterocycles. The second-order valence-electron chi connectivity index (χ2n) is 17.6. The molecular weight excluding hydrogens is 821 g/mol. The Balaban J connectivity index is 1.04. The van der Waals surface area contributed by atoms with Crippen molar-refractivity contribution in [2.24, 2.45) is 0 Å². The monoisotopic (exact) mass is 862 g/mol. The maximum Gasteiger partial charge on any atom is 0.160 e. The summed E-state index contributed by atoms with van der Waals surface area (Å²) >= 11 is 0. The molecule has 0 aliphatic rings. The van der Waals surface area contributed by atoms with E-state index in [1.807, 2.05) is 0 Å². The molecule has 13 rings (SSSR count). The molecule has 68 heavy (non-hydrogen) atoms. The second-order valence-corrected chi connectivity index (χ2v) is 17.6. The molecule has 0 aliphatic carbocycles. The molecule has 1 aromatic heterocycles. The molecule has 0 amide bonds. The molecule has 0 radical (unpaired) electrons. The van der Waals surface area contributed by atoms with E-state index in [0.717, 1.165) is 44.2 Å². The smallest absolute Gasteiger partial charge is 0.160 e. The van der Waals surface area contributed by atoms with Gasteiger partial charge < -0.3 is 0 Å². The van der Waals surface area contributed by atoms with Crippen molar-refractivity contribution >= 4 is 75.4 Å². The lowest BCUT2D eigenvalue weighted by Gasteiger charge is -2.13. The normalized spacial score (nSPS) is 11.5. The molecule has 0 bridgehead atoms. The van der Waals surface area contributed by atoms with Crippen molar-refractivity contribution in [3.63, 3.8) is 0 Å². The van der Waals surface area contributed by atoms with E-state index < -0.39 is 0 Å². The number of hydrogen-bond donors (Lipinski definition) is 0. The van der Waals surface area contributed by atoms with Crippen LogP contribution in [0.4, 0.5) is 0 Å². The third-order valence-corrected chi connectivity index (χ3v) is 13.7. The van der Waals surface area contributed by atoms with Crippen LogP contribution in [0.1, 0.15) is 0 Å². The van der Waals surface area contributed by atoms with Gasteiger partial charge in [-0.15, -0.1) is 0 Å². The Morgan fingerprint density at radius 2 is 0.485 bits per heavy atom. The highest BCUT2D eigenvalue weighted by Gasteiger charge is 2.15. The first-order chi connectivity index (χ1) is 33.7. The highest BCUT2D eigenvalue weighted by molar-refractivity contribution is 6.26. The number of nitrogens with zero attached hydrogens (tertiary/aromatic N) is 2. The fourth-order valence-electron chi connectivity index (χ4n) is 10.4. The molecule has 2 heteroatoms. The molecule has 12 aromatic carbocycles. The number of benzene rings is 11. The van der Waals surface area contributed by atoms with E-state index in [1.165, 1.54) is 81.5 Å². The highest BCUT2D eigenvalue weighted by atomic mass is 14.9. The summed E-state index contributed by atoms with van der Waals surface area (Å²) in [4.78, 5) is 10.9. The van der Waals surface area contributed by atoms with Crippen LogP contribution in [0.3, 0.4) is 0 Å². The van der Waals surface area contributed by atoms with Gasteiger partial charge in [0, 0.05) is 16.7 Å². The van der Waals surface area contributed by atoms with Gasteiger partial charge in [0.15, 0.2) is 5.82 Å².